The average Bonchev–Trinajstić information content (AvgIpc) is 3.23. The summed E-state index contributed by atoms with van der Waals surface area (Å²) in [5, 5.41) is 3.51. The Morgan fingerprint density at radius 2 is 1.88 bits per heavy atom. The highest BCUT2D eigenvalue weighted by molar-refractivity contribution is 6.07. The Hall–Kier alpha value is -3.03. The lowest BCUT2D eigenvalue weighted by Crippen LogP contribution is -2.35. The van der Waals surface area contributed by atoms with Crippen LogP contribution in [0.15, 0.2) is 48.7 Å². The maximum Gasteiger partial charge on any atom is 0.0957 e. The highest BCUT2D eigenvalue weighted by atomic mass is 16.6. The van der Waals surface area contributed by atoms with Crippen molar-refractivity contribution in [3.05, 3.63) is 76.7 Å². The largest absolute Gasteiger partial charge is 0.379 e. The van der Waals surface area contributed by atoms with Crippen molar-refractivity contribution in [2.45, 2.75) is 19.7 Å². The van der Waals surface area contributed by atoms with E-state index >= 15 is 0 Å². The lowest BCUT2D eigenvalue weighted by Gasteiger charge is -2.26. The number of aromatic nitrogens is 2. The van der Waals surface area contributed by atoms with Crippen molar-refractivity contribution < 1.29 is 9.57 Å². The monoisotopic (exact) mass is 426 g/mol. The normalized spacial score (nSPS) is 17.4. The third-order valence-electron chi connectivity index (χ3n) is 6.37. The molecular weight excluding hydrogens is 400 g/mol. The Balaban J connectivity index is 1.24. The summed E-state index contributed by atoms with van der Waals surface area (Å²) in [6.07, 6.45) is 6.34. The predicted molar refractivity (Wildman–Crippen MR) is 127 cm³/mol. The Morgan fingerprint density at radius 3 is 2.75 bits per heavy atom. The van der Waals surface area contributed by atoms with Gasteiger partial charge in [-0.25, -0.2) is 0 Å². The lowest BCUT2D eigenvalue weighted by molar-refractivity contribution is 0.0109. The smallest absolute Gasteiger partial charge is 0.0957 e. The summed E-state index contributed by atoms with van der Waals surface area (Å²) >= 11 is 0. The van der Waals surface area contributed by atoms with E-state index in [9.17, 15) is 0 Å². The molecule has 0 radical (unpaired) electrons. The SMILES string of the molecule is C(=C\c1cc2c(ccc3c4c(nc32)CNOC4)c[nH]1)/c1ccc(CN2CCOCC2)cc1. The number of hydrogen-bond acceptors (Lipinski definition) is 5. The minimum atomic E-state index is 0.560. The summed E-state index contributed by atoms with van der Waals surface area (Å²) in [6.45, 7) is 5.89. The first-order valence-corrected chi connectivity index (χ1v) is 11.2. The van der Waals surface area contributed by atoms with Gasteiger partial charge in [-0.15, -0.1) is 0 Å². The fraction of sp³-hybridized carbons (Fsp3) is 0.269. The van der Waals surface area contributed by atoms with Crippen LogP contribution in [0.4, 0.5) is 0 Å². The van der Waals surface area contributed by atoms with Gasteiger partial charge in [0.25, 0.3) is 0 Å². The van der Waals surface area contributed by atoms with Crippen molar-refractivity contribution in [3.8, 4) is 0 Å². The summed E-state index contributed by atoms with van der Waals surface area (Å²) in [6, 6.07) is 15.3. The van der Waals surface area contributed by atoms with Gasteiger partial charge in [0.05, 0.1) is 37.6 Å². The molecule has 0 saturated carbocycles. The van der Waals surface area contributed by atoms with Crippen molar-refractivity contribution in [2.24, 2.45) is 0 Å². The van der Waals surface area contributed by atoms with Gasteiger partial charge in [0.2, 0.25) is 0 Å². The van der Waals surface area contributed by atoms with E-state index in [1.54, 1.807) is 0 Å². The zero-order valence-electron chi connectivity index (χ0n) is 17.9. The summed E-state index contributed by atoms with van der Waals surface area (Å²) in [7, 11) is 0. The third-order valence-corrected chi connectivity index (χ3v) is 6.37. The first kappa shape index (κ1) is 19.6. The van der Waals surface area contributed by atoms with E-state index in [0.29, 0.717) is 13.2 Å². The second-order valence-corrected chi connectivity index (χ2v) is 8.46. The number of hydrogen-bond donors (Lipinski definition) is 2. The number of aromatic amines is 1. The van der Waals surface area contributed by atoms with Crippen molar-refractivity contribution in [1.29, 1.82) is 0 Å². The lowest BCUT2D eigenvalue weighted by atomic mass is 10.0. The molecule has 4 heterocycles. The van der Waals surface area contributed by atoms with E-state index in [2.05, 4.69) is 76.2 Å². The Labute approximate surface area is 186 Å². The molecule has 6 nitrogen and oxygen atoms in total. The van der Waals surface area contributed by atoms with Gasteiger partial charge in [-0.1, -0.05) is 42.5 Å². The molecule has 2 aliphatic heterocycles. The molecule has 6 rings (SSSR count). The standard InChI is InChI=1S/C26H26N4O2/c1-3-19(16-30-9-11-31-12-10-30)4-2-18(1)5-7-21-13-23-20(14-27-21)6-8-22-24-17-32-28-15-25(24)29-26(22)23/h1-8,13-14,27-28H,9-12,15-17H2/b7-5+. The average molecular weight is 427 g/mol. The molecule has 0 amide bonds. The maximum absolute atomic E-state index is 5.44. The maximum atomic E-state index is 5.44. The molecule has 32 heavy (non-hydrogen) atoms. The summed E-state index contributed by atoms with van der Waals surface area (Å²) in [4.78, 5) is 16.2. The number of rotatable bonds is 4. The van der Waals surface area contributed by atoms with Crippen LogP contribution in [-0.2, 0) is 29.3 Å². The molecule has 2 aromatic carbocycles. The summed E-state index contributed by atoms with van der Waals surface area (Å²) in [5.74, 6) is 0. The number of hydroxylamine groups is 1. The van der Waals surface area contributed by atoms with E-state index in [1.807, 2.05) is 0 Å². The van der Waals surface area contributed by atoms with Gasteiger partial charge in [-0.05, 0) is 28.7 Å². The van der Waals surface area contributed by atoms with Crippen LogP contribution in [0, 0.1) is 0 Å². The van der Waals surface area contributed by atoms with Gasteiger partial charge in [-0.3, -0.25) is 14.7 Å². The Morgan fingerprint density at radius 1 is 1.00 bits per heavy atom. The molecule has 1 saturated heterocycles. The molecule has 4 aromatic rings. The number of morpholine rings is 1. The second kappa shape index (κ2) is 8.48. The summed E-state index contributed by atoms with van der Waals surface area (Å²) < 4.78 is 5.44. The van der Waals surface area contributed by atoms with Gasteiger partial charge >= 0.3 is 0 Å². The van der Waals surface area contributed by atoms with Gasteiger partial charge in [0, 0.05) is 47.9 Å². The fourth-order valence-electron chi connectivity index (χ4n) is 4.57. The molecule has 1 fully saturated rings. The van der Waals surface area contributed by atoms with Crippen LogP contribution in [0.5, 0.6) is 0 Å². The summed E-state index contributed by atoms with van der Waals surface area (Å²) in [5.41, 5.74) is 9.85. The molecule has 0 atom stereocenters. The van der Waals surface area contributed by atoms with Crippen LogP contribution in [-0.4, -0.2) is 41.2 Å². The van der Waals surface area contributed by atoms with E-state index in [-0.39, 0.29) is 0 Å². The zero-order chi connectivity index (χ0) is 21.3. The van der Waals surface area contributed by atoms with E-state index in [0.717, 1.165) is 60.5 Å². The molecule has 162 valence electrons. The van der Waals surface area contributed by atoms with Crippen LogP contribution < -0.4 is 5.48 Å². The van der Waals surface area contributed by atoms with Crippen molar-refractivity contribution in [1.82, 2.24) is 20.3 Å². The quantitative estimate of drug-likeness (QED) is 0.511. The number of pyridine rings is 1. The molecule has 2 aliphatic rings. The molecular formula is C26H26N4O2. The van der Waals surface area contributed by atoms with Crippen molar-refractivity contribution in [3.63, 3.8) is 0 Å². The number of ether oxygens (including phenoxy) is 1. The highest BCUT2D eigenvalue weighted by Crippen LogP contribution is 2.31. The van der Waals surface area contributed by atoms with Gasteiger partial charge < -0.3 is 9.72 Å². The number of fused-ring (bicyclic) bond motifs is 5. The first-order valence-electron chi connectivity index (χ1n) is 11.2. The molecule has 0 bridgehead atoms. The van der Waals surface area contributed by atoms with Crippen LogP contribution in [0.1, 0.15) is 28.1 Å². The van der Waals surface area contributed by atoms with Gasteiger partial charge in [0.15, 0.2) is 0 Å². The number of H-pyrrole nitrogens is 1. The minimum Gasteiger partial charge on any atom is -0.379 e. The molecule has 2 N–H and O–H groups in total. The fourth-order valence-corrected chi connectivity index (χ4v) is 4.57. The van der Waals surface area contributed by atoms with E-state index in [4.69, 9.17) is 14.6 Å². The predicted octanol–water partition coefficient (Wildman–Crippen LogP) is 4.25. The van der Waals surface area contributed by atoms with Crippen molar-refractivity contribution in [2.75, 3.05) is 26.3 Å². The van der Waals surface area contributed by atoms with Crippen LogP contribution in [0.2, 0.25) is 0 Å². The Kier molecular flexibility index (Phi) is 5.21. The van der Waals surface area contributed by atoms with Crippen LogP contribution >= 0.6 is 0 Å². The minimum absolute atomic E-state index is 0.560. The molecule has 0 spiro atoms. The molecule has 6 heteroatoms. The highest BCUT2D eigenvalue weighted by Gasteiger charge is 2.18. The van der Waals surface area contributed by atoms with Gasteiger partial charge in [-0.2, -0.15) is 5.48 Å². The topological polar surface area (TPSA) is 62.4 Å². The van der Waals surface area contributed by atoms with E-state index in [1.165, 1.54) is 22.1 Å². The van der Waals surface area contributed by atoms with Crippen molar-refractivity contribution >= 4 is 33.8 Å². The zero-order valence-corrected chi connectivity index (χ0v) is 17.9. The molecule has 2 aromatic heterocycles. The van der Waals surface area contributed by atoms with E-state index < -0.39 is 0 Å². The first-order chi connectivity index (χ1) is 15.8. The van der Waals surface area contributed by atoms with Crippen LogP contribution in [0.25, 0.3) is 33.8 Å². The third kappa shape index (κ3) is 3.82. The number of nitrogens with zero attached hydrogens (tertiary/aromatic N) is 2. The second-order valence-electron chi connectivity index (χ2n) is 8.46. The number of benzene rings is 2. The molecule has 0 unspecified atom stereocenters. The molecule has 0 aliphatic carbocycles. The van der Waals surface area contributed by atoms with Crippen LogP contribution in [0.3, 0.4) is 0 Å². The van der Waals surface area contributed by atoms with Gasteiger partial charge in [0.1, 0.15) is 0 Å². The number of nitrogens with one attached hydrogen (secondary N) is 2. The Bertz CT molecular complexity index is 1290.